The quantitative estimate of drug-likeness (QED) is 0.176. The topological polar surface area (TPSA) is 35.6 Å². The Bertz CT molecular complexity index is 3550. The first-order valence-corrected chi connectivity index (χ1v) is 19.7. The molecule has 0 fully saturated rings. The Morgan fingerprint density at radius 2 is 0.828 bits per heavy atom. The zero-order chi connectivity index (χ0) is 38.2. The van der Waals surface area contributed by atoms with Crippen molar-refractivity contribution >= 4 is 65.4 Å². The van der Waals surface area contributed by atoms with Gasteiger partial charge in [-0.15, -0.1) is 0 Å². The highest BCUT2D eigenvalue weighted by atomic mass is 15.1. The summed E-state index contributed by atoms with van der Waals surface area (Å²) in [6.07, 6.45) is 0. The molecule has 3 aromatic heterocycles. The first-order valence-electron chi connectivity index (χ1n) is 19.7. The van der Waals surface area contributed by atoms with Crippen LogP contribution in [0.15, 0.2) is 206 Å². The van der Waals surface area contributed by atoms with E-state index in [2.05, 4.69) is 215 Å². The van der Waals surface area contributed by atoms with Gasteiger partial charge in [0.25, 0.3) is 0 Å². The summed E-state index contributed by atoms with van der Waals surface area (Å²) in [5.74, 6) is 0.804. The predicted molar refractivity (Wildman–Crippen MR) is 242 cm³/mol. The second kappa shape index (κ2) is 12.9. The van der Waals surface area contributed by atoms with Gasteiger partial charge >= 0.3 is 0 Å². The molecule has 0 bridgehead atoms. The number of hydrogen-bond acceptors (Lipinski definition) is 2. The molecule has 9 aromatic carbocycles. The number of benzene rings is 9. The lowest BCUT2D eigenvalue weighted by molar-refractivity contribution is 1.08. The van der Waals surface area contributed by atoms with Crippen molar-refractivity contribution in [2.45, 2.75) is 0 Å². The highest BCUT2D eigenvalue weighted by Crippen LogP contribution is 2.42. The highest BCUT2D eigenvalue weighted by Gasteiger charge is 2.22. The molecule has 12 aromatic rings. The summed E-state index contributed by atoms with van der Waals surface area (Å²) in [6, 6.07) is 73.7. The van der Waals surface area contributed by atoms with Crippen LogP contribution in [0.4, 0.5) is 0 Å². The second-order valence-corrected chi connectivity index (χ2v) is 15.0. The van der Waals surface area contributed by atoms with Crippen LogP contribution in [0, 0.1) is 0 Å². The summed E-state index contributed by atoms with van der Waals surface area (Å²) in [7, 11) is 0. The van der Waals surface area contributed by atoms with E-state index in [4.69, 9.17) is 9.97 Å². The Morgan fingerprint density at radius 3 is 1.55 bits per heavy atom. The second-order valence-electron chi connectivity index (χ2n) is 15.0. The number of para-hydroxylation sites is 3. The summed E-state index contributed by atoms with van der Waals surface area (Å²) in [5, 5.41) is 7.24. The Balaban J connectivity index is 1.17. The fourth-order valence-corrected chi connectivity index (χ4v) is 9.01. The predicted octanol–water partition coefficient (Wildman–Crippen LogP) is 14.0. The minimum Gasteiger partial charge on any atom is -0.309 e. The van der Waals surface area contributed by atoms with Gasteiger partial charge in [-0.2, -0.15) is 0 Å². The molecule has 0 aliphatic carbocycles. The summed E-state index contributed by atoms with van der Waals surface area (Å²) in [4.78, 5) is 11.2. The fourth-order valence-electron chi connectivity index (χ4n) is 9.01. The third kappa shape index (κ3) is 5.02. The monoisotopic (exact) mass is 738 g/mol. The van der Waals surface area contributed by atoms with Crippen LogP contribution in [0.2, 0.25) is 0 Å². The van der Waals surface area contributed by atoms with Gasteiger partial charge in [-0.25, -0.2) is 9.97 Å². The van der Waals surface area contributed by atoms with Crippen LogP contribution in [0.1, 0.15) is 0 Å². The Hall–Kier alpha value is -7.82. The summed E-state index contributed by atoms with van der Waals surface area (Å²) >= 11 is 0. The number of aromatic nitrogens is 4. The van der Waals surface area contributed by atoms with Gasteiger partial charge in [-0.1, -0.05) is 152 Å². The molecule has 4 heteroatoms. The van der Waals surface area contributed by atoms with Crippen LogP contribution in [0.25, 0.3) is 110 Å². The molecular weight excluding hydrogens is 705 g/mol. The minimum absolute atomic E-state index is 0.804. The number of hydrogen-bond donors (Lipinski definition) is 0. The lowest BCUT2D eigenvalue weighted by atomic mass is 9.93. The van der Waals surface area contributed by atoms with Crippen molar-refractivity contribution in [3.05, 3.63) is 206 Å². The molecule has 0 spiro atoms. The fraction of sp³-hybridized carbons (Fsp3) is 0. The first-order chi connectivity index (χ1) is 28.8. The van der Waals surface area contributed by atoms with E-state index >= 15 is 0 Å². The Labute approximate surface area is 334 Å². The van der Waals surface area contributed by atoms with E-state index in [1.807, 2.05) is 0 Å². The van der Waals surface area contributed by atoms with Crippen molar-refractivity contribution in [3.8, 4) is 45.0 Å². The average molecular weight is 739 g/mol. The largest absolute Gasteiger partial charge is 0.309 e. The summed E-state index contributed by atoms with van der Waals surface area (Å²) in [6.45, 7) is 0. The smallest absolute Gasteiger partial charge is 0.165 e. The van der Waals surface area contributed by atoms with Crippen molar-refractivity contribution < 1.29 is 0 Å². The zero-order valence-corrected chi connectivity index (χ0v) is 31.4. The van der Waals surface area contributed by atoms with E-state index < -0.39 is 0 Å². The van der Waals surface area contributed by atoms with Crippen molar-refractivity contribution in [2.24, 2.45) is 0 Å². The Kier molecular flexibility index (Phi) is 7.20. The van der Waals surface area contributed by atoms with Gasteiger partial charge in [-0.05, 0) is 87.6 Å². The van der Waals surface area contributed by atoms with Gasteiger partial charge in [0.1, 0.15) is 5.69 Å². The molecule has 58 heavy (non-hydrogen) atoms. The van der Waals surface area contributed by atoms with Crippen molar-refractivity contribution in [3.63, 3.8) is 0 Å². The van der Waals surface area contributed by atoms with E-state index in [9.17, 15) is 0 Å². The molecule has 0 aliphatic heterocycles. The normalized spacial score (nSPS) is 11.8. The van der Waals surface area contributed by atoms with Crippen LogP contribution < -0.4 is 0 Å². The summed E-state index contributed by atoms with van der Waals surface area (Å²) in [5.41, 5.74) is 13.7. The molecule has 0 amide bonds. The van der Waals surface area contributed by atoms with Crippen LogP contribution in [0.3, 0.4) is 0 Å². The molecule has 270 valence electrons. The Morgan fingerprint density at radius 1 is 0.310 bits per heavy atom. The number of rotatable bonds is 5. The standard InChI is InChI=1S/C54H34N4/c1-4-16-35(17-5-1)44-33-47-48(34-45(44)39-28-29-43-41-24-12-14-26-49(41)57(51(43)32-39)40-22-8-3-9-23-40)56-54(53(55-47)36-18-6-2-7-19-36)58-50-27-15-13-25-42(50)46-30-37-20-10-11-21-38(37)31-52(46)58/h1-34H. The first kappa shape index (κ1) is 32.4. The maximum absolute atomic E-state index is 5.65. The third-order valence-electron chi connectivity index (χ3n) is 11.7. The molecular formula is C54H34N4. The van der Waals surface area contributed by atoms with Crippen LogP contribution >= 0.6 is 0 Å². The highest BCUT2D eigenvalue weighted by molar-refractivity contribution is 6.14. The molecule has 0 unspecified atom stereocenters. The van der Waals surface area contributed by atoms with E-state index in [0.717, 1.165) is 72.6 Å². The lowest BCUT2D eigenvalue weighted by Gasteiger charge is -2.17. The van der Waals surface area contributed by atoms with E-state index in [-0.39, 0.29) is 0 Å². The molecule has 12 rings (SSSR count). The maximum Gasteiger partial charge on any atom is 0.165 e. The van der Waals surface area contributed by atoms with E-state index in [1.54, 1.807) is 0 Å². The van der Waals surface area contributed by atoms with Crippen LogP contribution in [0.5, 0.6) is 0 Å². The average Bonchev–Trinajstić information content (AvgIpc) is 3.80. The molecule has 0 radical (unpaired) electrons. The van der Waals surface area contributed by atoms with Gasteiger partial charge in [0.05, 0.1) is 33.1 Å². The van der Waals surface area contributed by atoms with Crippen LogP contribution in [-0.2, 0) is 0 Å². The number of nitrogens with zero attached hydrogens (tertiary/aromatic N) is 4. The van der Waals surface area contributed by atoms with Crippen LogP contribution in [-0.4, -0.2) is 19.1 Å². The molecule has 0 atom stereocenters. The molecule has 3 heterocycles. The van der Waals surface area contributed by atoms with E-state index in [1.165, 1.54) is 37.8 Å². The van der Waals surface area contributed by atoms with Gasteiger partial charge in [-0.3, -0.25) is 4.57 Å². The van der Waals surface area contributed by atoms with Gasteiger partial charge in [0.15, 0.2) is 5.82 Å². The minimum atomic E-state index is 0.804. The van der Waals surface area contributed by atoms with Gasteiger partial charge in [0, 0.05) is 32.8 Å². The molecule has 0 N–H and O–H groups in total. The van der Waals surface area contributed by atoms with Gasteiger partial charge < -0.3 is 4.57 Å². The molecule has 0 saturated carbocycles. The van der Waals surface area contributed by atoms with Gasteiger partial charge in [0.2, 0.25) is 0 Å². The third-order valence-corrected chi connectivity index (χ3v) is 11.7. The molecule has 4 nitrogen and oxygen atoms in total. The van der Waals surface area contributed by atoms with Crippen molar-refractivity contribution in [1.82, 2.24) is 19.1 Å². The van der Waals surface area contributed by atoms with Crippen molar-refractivity contribution in [1.29, 1.82) is 0 Å². The number of fused-ring (bicyclic) bond motifs is 8. The lowest BCUT2D eigenvalue weighted by Crippen LogP contribution is -2.04. The maximum atomic E-state index is 5.65. The molecule has 0 saturated heterocycles. The zero-order valence-electron chi connectivity index (χ0n) is 31.4. The SMILES string of the molecule is c1ccc(-c2cc3nc(-c4ccccc4)c(-n4c5ccccc5c5cc6ccccc6cc54)nc3cc2-c2ccc3c4ccccc4n(-c4ccccc4)c3c2)cc1. The van der Waals surface area contributed by atoms with E-state index in [0.29, 0.717) is 0 Å². The molecule has 0 aliphatic rings. The summed E-state index contributed by atoms with van der Waals surface area (Å²) < 4.78 is 4.70. The van der Waals surface area contributed by atoms with Crippen molar-refractivity contribution in [2.75, 3.05) is 0 Å².